The molecule has 3 rings (SSSR count). The van der Waals surface area contributed by atoms with E-state index in [0.29, 0.717) is 28.6 Å². The number of carbonyl (C=O) groups excluding carboxylic acids is 1. The molecule has 1 aromatic carbocycles. The molecule has 0 spiro atoms. The maximum Gasteiger partial charge on any atom is 0.417 e. The molecule has 0 saturated carbocycles. The Morgan fingerprint density at radius 3 is 3.05 bits per heavy atom. The van der Waals surface area contributed by atoms with Crippen LogP contribution in [0.15, 0.2) is 32.8 Å². The van der Waals surface area contributed by atoms with Crippen LogP contribution in [0.1, 0.15) is 20.3 Å². The highest BCUT2D eigenvalue weighted by molar-refractivity contribution is 7.14. The number of nitrogens with zero attached hydrogens (tertiary/aromatic N) is 1. The van der Waals surface area contributed by atoms with Gasteiger partial charge in [-0.2, -0.15) is 0 Å². The largest absolute Gasteiger partial charge is 0.417 e. The second-order valence-electron chi connectivity index (χ2n) is 5.41. The van der Waals surface area contributed by atoms with Gasteiger partial charge in [-0.3, -0.25) is 9.78 Å². The number of hydrogen-bond acceptors (Lipinski definition) is 5. The highest BCUT2D eigenvalue weighted by atomic mass is 32.1. The van der Waals surface area contributed by atoms with E-state index in [-0.39, 0.29) is 5.91 Å². The smallest absolute Gasteiger partial charge is 0.408 e. The molecule has 0 atom stereocenters. The van der Waals surface area contributed by atoms with Gasteiger partial charge in [0.2, 0.25) is 5.91 Å². The third kappa shape index (κ3) is 3.09. The summed E-state index contributed by atoms with van der Waals surface area (Å²) in [6, 6.07) is 5.37. The van der Waals surface area contributed by atoms with Crippen molar-refractivity contribution in [3.63, 3.8) is 0 Å². The van der Waals surface area contributed by atoms with E-state index in [1.165, 1.54) is 11.3 Å². The Morgan fingerprint density at radius 1 is 1.45 bits per heavy atom. The molecule has 7 heteroatoms. The first-order valence-electron chi connectivity index (χ1n) is 6.90. The first-order chi connectivity index (χ1) is 10.5. The summed E-state index contributed by atoms with van der Waals surface area (Å²) in [7, 11) is 0. The molecule has 0 radical (unpaired) electrons. The molecular weight excluding hydrogens is 302 g/mol. The third-order valence-electron chi connectivity index (χ3n) is 3.06. The monoisotopic (exact) mass is 317 g/mol. The number of fused-ring (bicyclic) bond motifs is 1. The molecule has 2 aromatic heterocycles. The Kier molecular flexibility index (Phi) is 3.81. The van der Waals surface area contributed by atoms with E-state index in [2.05, 4.69) is 15.3 Å². The first-order valence-corrected chi connectivity index (χ1v) is 7.78. The minimum atomic E-state index is -0.480. The summed E-state index contributed by atoms with van der Waals surface area (Å²) >= 11 is 1.37. The maximum atomic E-state index is 11.7. The molecule has 0 aliphatic heterocycles. The van der Waals surface area contributed by atoms with Crippen LogP contribution in [0.2, 0.25) is 0 Å². The summed E-state index contributed by atoms with van der Waals surface area (Å²) in [5, 5.41) is 5.22. The lowest BCUT2D eigenvalue weighted by Crippen LogP contribution is -2.13. The lowest BCUT2D eigenvalue weighted by atomic mass is 10.1. The van der Waals surface area contributed by atoms with Crippen LogP contribution in [0.4, 0.5) is 5.13 Å². The molecule has 1 amide bonds. The third-order valence-corrected chi connectivity index (χ3v) is 3.82. The van der Waals surface area contributed by atoms with Crippen LogP contribution in [0, 0.1) is 5.92 Å². The fourth-order valence-corrected chi connectivity index (χ4v) is 2.85. The van der Waals surface area contributed by atoms with Gasteiger partial charge >= 0.3 is 5.76 Å². The highest BCUT2D eigenvalue weighted by Gasteiger charge is 2.10. The standard InChI is InChI=1S/C15H15N3O3S/c1-8(2)5-13(19)18-14-16-11(7-22-14)9-3-4-10-12(6-9)21-15(20)17-10/h3-4,6-8H,5H2,1-2H3,(H,17,20)(H,16,18,19). The minimum Gasteiger partial charge on any atom is -0.408 e. The molecule has 6 nitrogen and oxygen atoms in total. The fourth-order valence-electron chi connectivity index (χ4n) is 2.11. The van der Waals surface area contributed by atoms with Gasteiger partial charge in [-0.15, -0.1) is 11.3 Å². The zero-order chi connectivity index (χ0) is 15.7. The van der Waals surface area contributed by atoms with Crippen LogP contribution >= 0.6 is 11.3 Å². The number of aromatic nitrogens is 2. The van der Waals surface area contributed by atoms with Gasteiger partial charge in [0.25, 0.3) is 0 Å². The molecule has 0 fully saturated rings. The highest BCUT2D eigenvalue weighted by Crippen LogP contribution is 2.27. The van der Waals surface area contributed by atoms with Crippen LogP contribution < -0.4 is 11.1 Å². The maximum absolute atomic E-state index is 11.7. The van der Waals surface area contributed by atoms with Crippen molar-refractivity contribution in [2.24, 2.45) is 5.92 Å². The van der Waals surface area contributed by atoms with E-state index in [1.807, 2.05) is 25.3 Å². The molecule has 0 unspecified atom stereocenters. The topological polar surface area (TPSA) is 88.0 Å². The molecule has 3 aromatic rings. The van der Waals surface area contributed by atoms with Gasteiger partial charge in [0.05, 0.1) is 11.2 Å². The number of nitrogens with one attached hydrogen (secondary N) is 2. The van der Waals surface area contributed by atoms with Crippen molar-refractivity contribution in [2.75, 3.05) is 5.32 Å². The molecule has 0 saturated heterocycles. The van der Waals surface area contributed by atoms with Gasteiger partial charge in [-0.05, 0) is 18.1 Å². The summed E-state index contributed by atoms with van der Waals surface area (Å²) in [6.45, 7) is 3.99. The molecule has 22 heavy (non-hydrogen) atoms. The Bertz CT molecular complexity index is 875. The molecular formula is C15H15N3O3S. The average molecular weight is 317 g/mol. The van der Waals surface area contributed by atoms with Crippen LogP contribution in [0.3, 0.4) is 0 Å². The number of thiazole rings is 1. The Morgan fingerprint density at radius 2 is 2.27 bits per heavy atom. The molecule has 0 aliphatic rings. The summed E-state index contributed by atoms with van der Waals surface area (Å²) in [6.07, 6.45) is 0.468. The fraction of sp³-hybridized carbons (Fsp3) is 0.267. The van der Waals surface area contributed by atoms with Gasteiger partial charge in [-0.1, -0.05) is 19.9 Å². The summed E-state index contributed by atoms with van der Waals surface area (Å²) in [5.74, 6) is -0.214. The van der Waals surface area contributed by atoms with Crippen molar-refractivity contribution in [1.29, 1.82) is 0 Å². The van der Waals surface area contributed by atoms with E-state index >= 15 is 0 Å². The predicted octanol–water partition coefficient (Wildman–Crippen LogP) is 3.23. The number of hydrogen-bond donors (Lipinski definition) is 2. The normalized spacial score (nSPS) is 11.2. The minimum absolute atomic E-state index is 0.0389. The Hall–Kier alpha value is -2.41. The van der Waals surface area contributed by atoms with Crippen molar-refractivity contribution in [3.05, 3.63) is 34.1 Å². The number of benzene rings is 1. The van der Waals surface area contributed by atoms with E-state index in [0.717, 1.165) is 11.3 Å². The van der Waals surface area contributed by atoms with Crippen LogP contribution in [-0.2, 0) is 4.79 Å². The van der Waals surface area contributed by atoms with E-state index in [9.17, 15) is 9.59 Å². The molecule has 114 valence electrons. The molecule has 2 heterocycles. The zero-order valence-corrected chi connectivity index (χ0v) is 13.0. The number of H-pyrrole nitrogens is 1. The van der Waals surface area contributed by atoms with E-state index in [1.54, 1.807) is 12.1 Å². The first kappa shape index (κ1) is 14.5. The van der Waals surface area contributed by atoms with Gasteiger partial charge in [-0.25, -0.2) is 9.78 Å². The summed E-state index contributed by atoms with van der Waals surface area (Å²) < 4.78 is 5.04. The molecule has 0 aliphatic carbocycles. The quantitative estimate of drug-likeness (QED) is 0.773. The van der Waals surface area contributed by atoms with Crippen LogP contribution in [-0.4, -0.2) is 15.9 Å². The lowest BCUT2D eigenvalue weighted by Gasteiger charge is -2.03. The molecule has 0 bridgehead atoms. The molecule has 2 N–H and O–H groups in total. The predicted molar refractivity (Wildman–Crippen MR) is 86.0 cm³/mol. The second kappa shape index (κ2) is 5.76. The number of aromatic amines is 1. The van der Waals surface area contributed by atoms with Crippen LogP contribution in [0.5, 0.6) is 0 Å². The van der Waals surface area contributed by atoms with Crippen molar-refractivity contribution in [3.8, 4) is 11.3 Å². The number of carbonyl (C=O) groups is 1. The van der Waals surface area contributed by atoms with E-state index in [4.69, 9.17) is 4.42 Å². The van der Waals surface area contributed by atoms with Crippen molar-refractivity contribution in [1.82, 2.24) is 9.97 Å². The zero-order valence-electron chi connectivity index (χ0n) is 12.2. The number of anilines is 1. The van der Waals surface area contributed by atoms with Gasteiger partial charge in [0.15, 0.2) is 10.7 Å². The number of amides is 1. The Balaban J connectivity index is 1.82. The van der Waals surface area contributed by atoms with E-state index < -0.39 is 5.76 Å². The van der Waals surface area contributed by atoms with Crippen molar-refractivity contribution in [2.45, 2.75) is 20.3 Å². The van der Waals surface area contributed by atoms with Crippen molar-refractivity contribution < 1.29 is 9.21 Å². The summed E-state index contributed by atoms with van der Waals surface area (Å²) in [4.78, 5) is 29.9. The van der Waals surface area contributed by atoms with Crippen molar-refractivity contribution >= 4 is 33.5 Å². The average Bonchev–Trinajstić information content (AvgIpc) is 3.01. The SMILES string of the molecule is CC(C)CC(=O)Nc1nc(-c2ccc3[nH]c(=O)oc3c2)cs1. The van der Waals surface area contributed by atoms with Gasteiger partial charge in [0, 0.05) is 17.4 Å². The summed E-state index contributed by atoms with van der Waals surface area (Å²) in [5.41, 5.74) is 2.70. The van der Waals surface area contributed by atoms with Crippen LogP contribution in [0.25, 0.3) is 22.4 Å². The van der Waals surface area contributed by atoms with Gasteiger partial charge in [0.1, 0.15) is 0 Å². The number of oxazole rings is 1. The second-order valence-corrected chi connectivity index (χ2v) is 6.27. The lowest BCUT2D eigenvalue weighted by molar-refractivity contribution is -0.116. The number of rotatable bonds is 4. The van der Waals surface area contributed by atoms with Gasteiger partial charge < -0.3 is 9.73 Å². The Labute approximate surface area is 130 Å².